The normalized spacial score (nSPS) is 11.7. The van der Waals surface area contributed by atoms with Gasteiger partial charge in [0.25, 0.3) is 0 Å². The molecule has 310 valence electrons. The van der Waals surface area contributed by atoms with Crippen LogP contribution in [0.15, 0.2) is 47.4 Å². The van der Waals surface area contributed by atoms with E-state index in [1.54, 1.807) is 0 Å². The van der Waals surface area contributed by atoms with Crippen molar-refractivity contribution in [1.82, 2.24) is 0 Å². The fourth-order valence-corrected chi connectivity index (χ4v) is 7.59. The zero-order chi connectivity index (χ0) is 39.4. The average Bonchev–Trinajstić information content (AvgIpc) is 3.16. The van der Waals surface area contributed by atoms with Gasteiger partial charge in [0.05, 0.1) is 29.2 Å². The molecule has 0 aliphatic rings. The van der Waals surface area contributed by atoms with Gasteiger partial charge in [-0.05, 0) is 64.5 Å². The molecular formula is C46H77KO7S. The van der Waals surface area contributed by atoms with Crippen LogP contribution in [0.5, 0.6) is 0 Å². The van der Waals surface area contributed by atoms with Crippen LogP contribution in [-0.4, -0.2) is 38.1 Å². The zero-order valence-corrected chi connectivity index (χ0v) is 39.4. The molecule has 0 amide bonds. The van der Waals surface area contributed by atoms with Gasteiger partial charge in [-0.15, -0.1) is 0 Å². The van der Waals surface area contributed by atoms with Crippen molar-refractivity contribution >= 4 is 22.1 Å². The number of esters is 2. The number of hydrogen-bond acceptors (Lipinski definition) is 7. The van der Waals surface area contributed by atoms with Crippen molar-refractivity contribution in [3.63, 3.8) is 0 Å². The van der Waals surface area contributed by atoms with E-state index in [-0.39, 0.29) is 70.2 Å². The van der Waals surface area contributed by atoms with Gasteiger partial charge in [-0.25, -0.2) is 18.0 Å². The number of carbonyl (C=O) groups is 2. The number of carbonyl (C=O) groups excluding carboxylic acids is 2. The Balaban J connectivity index is 0.0000292. The van der Waals surface area contributed by atoms with E-state index in [0.29, 0.717) is 12.8 Å². The van der Waals surface area contributed by atoms with Gasteiger partial charge in [-0.1, -0.05) is 184 Å². The Kier molecular flexibility index (Phi) is 38.1. The van der Waals surface area contributed by atoms with Crippen LogP contribution in [0.2, 0.25) is 0 Å². The predicted molar refractivity (Wildman–Crippen MR) is 223 cm³/mol. The Bertz CT molecular complexity index is 1240. The van der Waals surface area contributed by atoms with Crippen molar-refractivity contribution in [2.75, 3.05) is 13.2 Å². The molecule has 7 nitrogen and oxygen atoms in total. The third kappa shape index (κ3) is 30.9. The van der Waals surface area contributed by atoms with E-state index in [0.717, 1.165) is 44.6 Å². The molecule has 0 heterocycles. The second-order valence-corrected chi connectivity index (χ2v) is 16.4. The van der Waals surface area contributed by atoms with E-state index < -0.39 is 32.5 Å². The van der Waals surface area contributed by atoms with E-state index in [1.165, 1.54) is 153 Å². The summed E-state index contributed by atoms with van der Waals surface area (Å²) in [5.74, 6) is -1.81. The van der Waals surface area contributed by atoms with Gasteiger partial charge in [0.15, 0.2) is 0 Å². The van der Waals surface area contributed by atoms with Crippen molar-refractivity contribution < 1.29 is 83.4 Å². The third-order valence-electron chi connectivity index (χ3n) is 10.2. The van der Waals surface area contributed by atoms with Crippen LogP contribution in [0.4, 0.5) is 0 Å². The molecule has 0 aliphatic carbocycles. The number of benzene rings is 1. The maximum Gasteiger partial charge on any atom is 1.00 e. The average molecular weight is 813 g/mol. The topological polar surface area (TPSA) is 110 Å². The van der Waals surface area contributed by atoms with E-state index >= 15 is 0 Å². The van der Waals surface area contributed by atoms with Crippen LogP contribution in [-0.2, 0) is 19.6 Å². The van der Waals surface area contributed by atoms with Crippen LogP contribution in [0.1, 0.15) is 227 Å². The summed E-state index contributed by atoms with van der Waals surface area (Å²) in [6, 6.07) is 3.63. The fourth-order valence-electron chi connectivity index (χ4n) is 6.90. The van der Waals surface area contributed by atoms with Crippen molar-refractivity contribution in [2.45, 2.75) is 211 Å². The van der Waals surface area contributed by atoms with Crippen LogP contribution in [0.25, 0.3) is 0 Å². The first-order chi connectivity index (χ1) is 26.3. The maximum absolute atomic E-state index is 13.0. The quantitative estimate of drug-likeness (QED) is 0.0216. The molecule has 9 heteroatoms. The van der Waals surface area contributed by atoms with Gasteiger partial charge in [0, 0.05) is 0 Å². The molecule has 0 saturated heterocycles. The largest absolute Gasteiger partial charge is 1.00 e. The summed E-state index contributed by atoms with van der Waals surface area (Å²) in [7, 11) is -5.01. The first-order valence-electron chi connectivity index (χ1n) is 22.0. The van der Waals surface area contributed by atoms with Gasteiger partial charge in [0.1, 0.15) is 10.1 Å². The van der Waals surface area contributed by atoms with Gasteiger partial charge >= 0.3 is 63.3 Å². The third-order valence-corrected chi connectivity index (χ3v) is 11.1. The Morgan fingerprint density at radius 2 is 0.818 bits per heavy atom. The Morgan fingerprint density at radius 1 is 0.509 bits per heavy atom. The molecular weight excluding hydrogens is 736 g/mol. The molecule has 0 N–H and O–H groups in total. The summed E-state index contributed by atoms with van der Waals surface area (Å²) in [5.41, 5.74) is -0.775. The molecule has 1 aromatic carbocycles. The molecule has 0 atom stereocenters. The zero-order valence-electron chi connectivity index (χ0n) is 35.4. The van der Waals surface area contributed by atoms with Crippen LogP contribution >= 0.6 is 0 Å². The van der Waals surface area contributed by atoms with E-state index in [9.17, 15) is 22.6 Å². The van der Waals surface area contributed by atoms with Crippen LogP contribution in [0, 0.1) is 0 Å². The summed E-state index contributed by atoms with van der Waals surface area (Å²) in [4.78, 5) is 25.2. The molecule has 0 radical (unpaired) electrons. The summed E-state index contributed by atoms with van der Waals surface area (Å²) < 4.78 is 46.7. The standard InChI is InChI=1S/C46H78O7S.K/c1-3-5-7-9-11-13-15-17-19-21-23-25-27-29-31-33-35-40-52-45(47)42-38-37-39-43(54(49,50)51)44(42)46(48)53-41-36-34-32-30-28-26-24-22-20-18-16-14-12-10-8-6-4-2;/h3-6,37-39H,7-36,40-41H2,1-2H3,(H,49,50,51);/q;+1/p-1/b5-3+,6-4+;. The van der Waals surface area contributed by atoms with Gasteiger partial charge in [-0.2, -0.15) is 0 Å². The Morgan fingerprint density at radius 3 is 1.15 bits per heavy atom. The summed E-state index contributed by atoms with van der Waals surface area (Å²) in [5, 5.41) is 0. The Hall–Kier alpha value is -0.814. The summed E-state index contributed by atoms with van der Waals surface area (Å²) >= 11 is 0. The minimum Gasteiger partial charge on any atom is -0.744 e. The molecule has 0 unspecified atom stereocenters. The predicted octanol–water partition coefficient (Wildman–Crippen LogP) is 10.8. The molecule has 0 aromatic heterocycles. The van der Waals surface area contributed by atoms with Crippen molar-refractivity contribution in [3.05, 3.63) is 53.6 Å². The SMILES string of the molecule is C/C=C/CCCCCCCCCCCCCCCCOC(=O)c1cccc(S(=O)(=O)[O-])c1C(=O)OCCCCCCCCCCCCCCCC/C=C/C.[K+]. The molecule has 0 spiro atoms. The smallest absolute Gasteiger partial charge is 0.744 e. The molecule has 0 bridgehead atoms. The number of hydrogen-bond donors (Lipinski definition) is 0. The second kappa shape index (κ2) is 38.7. The molecule has 0 fully saturated rings. The monoisotopic (exact) mass is 813 g/mol. The first kappa shape index (κ1) is 54.2. The van der Waals surface area contributed by atoms with Gasteiger partial charge < -0.3 is 14.0 Å². The van der Waals surface area contributed by atoms with Crippen LogP contribution < -0.4 is 51.4 Å². The Labute approximate surface area is 380 Å². The summed E-state index contributed by atoms with van der Waals surface area (Å²) in [6.07, 6.45) is 44.9. The van der Waals surface area contributed by atoms with Crippen molar-refractivity contribution in [3.8, 4) is 0 Å². The molecule has 55 heavy (non-hydrogen) atoms. The minimum atomic E-state index is -5.01. The van der Waals surface area contributed by atoms with Crippen molar-refractivity contribution in [1.29, 1.82) is 0 Å². The number of allylic oxidation sites excluding steroid dienone is 4. The maximum atomic E-state index is 13.0. The van der Waals surface area contributed by atoms with Crippen LogP contribution in [0.3, 0.4) is 0 Å². The molecule has 1 rings (SSSR count). The number of rotatable bonds is 37. The number of unbranched alkanes of at least 4 members (excludes halogenated alkanes) is 28. The molecule has 1 aromatic rings. The second-order valence-electron chi connectivity index (χ2n) is 15.0. The summed E-state index contributed by atoms with van der Waals surface area (Å²) in [6.45, 7) is 4.41. The first-order valence-corrected chi connectivity index (χ1v) is 23.4. The number of ether oxygens (including phenoxy) is 2. The van der Waals surface area contributed by atoms with E-state index in [4.69, 9.17) is 9.47 Å². The minimum absolute atomic E-state index is 0. The molecule has 0 saturated carbocycles. The van der Waals surface area contributed by atoms with E-state index in [1.807, 2.05) is 0 Å². The van der Waals surface area contributed by atoms with E-state index in [2.05, 4.69) is 38.2 Å². The van der Waals surface area contributed by atoms with Gasteiger partial charge in [-0.3, -0.25) is 0 Å². The molecule has 0 aliphatic heterocycles. The van der Waals surface area contributed by atoms with Gasteiger partial charge in [0.2, 0.25) is 0 Å². The fraction of sp³-hybridized carbons (Fsp3) is 0.739. The van der Waals surface area contributed by atoms with Crippen molar-refractivity contribution in [2.24, 2.45) is 0 Å².